The summed E-state index contributed by atoms with van der Waals surface area (Å²) in [6.07, 6.45) is 2.17. The lowest BCUT2D eigenvalue weighted by atomic mass is 9.88. The fourth-order valence-electron chi connectivity index (χ4n) is 1.85. The summed E-state index contributed by atoms with van der Waals surface area (Å²) in [6.45, 7) is 0. The van der Waals surface area contributed by atoms with Gasteiger partial charge in [-0.3, -0.25) is 10.1 Å². The van der Waals surface area contributed by atoms with Crippen LogP contribution in [0.4, 0.5) is 0 Å². The largest absolute Gasteiger partial charge is 0.480 e. The monoisotopic (exact) mass is 203 g/mol. The van der Waals surface area contributed by atoms with E-state index in [0.717, 1.165) is 12.8 Å². The Hall–Kier alpha value is -0.260. The van der Waals surface area contributed by atoms with Gasteiger partial charge in [-0.1, -0.05) is 0 Å². The molecule has 0 amide bonds. The first-order valence-electron chi connectivity index (χ1n) is 4.32. The molecular formula is C8H13NO3S. The number of rotatable bonds is 2. The number of hydrogen-bond acceptors (Lipinski definition) is 4. The van der Waals surface area contributed by atoms with Gasteiger partial charge in [0.25, 0.3) is 0 Å². The number of ether oxygens (including phenoxy) is 1. The summed E-state index contributed by atoms with van der Waals surface area (Å²) >= 11 is 1.72. The lowest BCUT2D eigenvalue weighted by Gasteiger charge is -2.43. The van der Waals surface area contributed by atoms with E-state index in [1.165, 1.54) is 0 Å². The zero-order chi connectivity index (χ0) is 9.47. The summed E-state index contributed by atoms with van der Waals surface area (Å²) < 4.78 is 5.17. The molecule has 2 N–H and O–H groups in total. The molecule has 1 unspecified atom stereocenters. The molecule has 1 saturated heterocycles. The van der Waals surface area contributed by atoms with Crippen LogP contribution < -0.4 is 5.32 Å². The highest BCUT2D eigenvalue weighted by Crippen LogP contribution is 2.47. The van der Waals surface area contributed by atoms with Crippen LogP contribution in [-0.4, -0.2) is 41.0 Å². The van der Waals surface area contributed by atoms with E-state index in [2.05, 4.69) is 5.32 Å². The van der Waals surface area contributed by atoms with Crippen molar-refractivity contribution in [3.05, 3.63) is 0 Å². The van der Waals surface area contributed by atoms with Gasteiger partial charge in [0, 0.05) is 25.7 Å². The van der Waals surface area contributed by atoms with E-state index >= 15 is 0 Å². The molecule has 2 aliphatic rings. The van der Waals surface area contributed by atoms with Crippen molar-refractivity contribution in [3.8, 4) is 0 Å². The van der Waals surface area contributed by atoms with Crippen LogP contribution in [-0.2, 0) is 9.53 Å². The third-order valence-electron chi connectivity index (χ3n) is 2.71. The standard InChI is InChI=1S/C8H13NO3S/c1-12-5-2-8(3-5)9-6(4-13-8)7(10)11/h5-6,9H,2-4H2,1H3,(H,10,11). The first kappa shape index (κ1) is 9.30. The van der Waals surface area contributed by atoms with Crippen molar-refractivity contribution in [2.45, 2.75) is 29.9 Å². The summed E-state index contributed by atoms with van der Waals surface area (Å²) in [5.41, 5.74) is 0. The second-order valence-electron chi connectivity index (χ2n) is 3.61. The topological polar surface area (TPSA) is 58.6 Å². The van der Waals surface area contributed by atoms with Crippen LogP contribution in [0.3, 0.4) is 0 Å². The maximum absolute atomic E-state index is 10.7. The van der Waals surface area contributed by atoms with Crippen molar-refractivity contribution in [1.29, 1.82) is 0 Å². The number of carbonyl (C=O) groups is 1. The maximum atomic E-state index is 10.7. The minimum atomic E-state index is -0.745. The fourth-order valence-corrected chi connectivity index (χ4v) is 3.40. The Balaban J connectivity index is 1.89. The summed E-state index contributed by atoms with van der Waals surface area (Å²) in [6, 6.07) is -0.372. The first-order valence-corrected chi connectivity index (χ1v) is 5.31. The Bertz CT molecular complexity index is 227. The highest BCUT2D eigenvalue weighted by atomic mass is 32.2. The summed E-state index contributed by atoms with van der Waals surface area (Å²) in [7, 11) is 1.70. The number of carboxylic acids is 1. The van der Waals surface area contributed by atoms with E-state index in [1.807, 2.05) is 0 Å². The Morgan fingerprint density at radius 1 is 1.69 bits per heavy atom. The second kappa shape index (κ2) is 3.15. The van der Waals surface area contributed by atoms with E-state index in [9.17, 15) is 4.79 Å². The number of carboxylic acid groups (broad SMARTS) is 1. The number of thioether (sulfide) groups is 1. The lowest BCUT2D eigenvalue weighted by Crippen LogP contribution is -2.55. The van der Waals surface area contributed by atoms with Gasteiger partial charge < -0.3 is 9.84 Å². The Kier molecular flexibility index (Phi) is 2.25. The van der Waals surface area contributed by atoms with Gasteiger partial charge in [0.15, 0.2) is 0 Å². The van der Waals surface area contributed by atoms with Gasteiger partial charge in [-0.25, -0.2) is 0 Å². The molecule has 2 fully saturated rings. The summed E-state index contributed by atoms with van der Waals surface area (Å²) in [5, 5.41) is 11.9. The Labute approximate surface area is 81.0 Å². The van der Waals surface area contributed by atoms with Crippen molar-refractivity contribution in [1.82, 2.24) is 5.32 Å². The Morgan fingerprint density at radius 3 is 2.85 bits per heavy atom. The number of aliphatic carboxylic acids is 1. The highest BCUT2D eigenvalue weighted by Gasteiger charge is 2.51. The number of hydrogen-bond donors (Lipinski definition) is 2. The van der Waals surface area contributed by atoms with Crippen molar-refractivity contribution >= 4 is 17.7 Å². The van der Waals surface area contributed by atoms with Gasteiger partial charge in [0.1, 0.15) is 6.04 Å². The molecule has 1 aliphatic heterocycles. The summed E-state index contributed by atoms with van der Waals surface area (Å²) in [5.74, 6) is -0.0728. The quantitative estimate of drug-likeness (QED) is 0.675. The molecule has 0 bridgehead atoms. The molecule has 0 aromatic heterocycles. The third-order valence-corrected chi connectivity index (χ3v) is 4.21. The highest BCUT2D eigenvalue weighted by molar-refractivity contribution is 8.01. The third kappa shape index (κ3) is 1.56. The molecule has 0 aromatic carbocycles. The fraction of sp³-hybridized carbons (Fsp3) is 0.875. The molecule has 13 heavy (non-hydrogen) atoms. The van der Waals surface area contributed by atoms with Crippen LogP contribution in [0.5, 0.6) is 0 Å². The molecular weight excluding hydrogens is 190 g/mol. The minimum Gasteiger partial charge on any atom is -0.480 e. The van der Waals surface area contributed by atoms with Crippen LogP contribution in [0, 0.1) is 0 Å². The van der Waals surface area contributed by atoms with Gasteiger partial charge in [0.05, 0.1) is 11.0 Å². The van der Waals surface area contributed by atoms with Crippen LogP contribution in [0.15, 0.2) is 0 Å². The first-order chi connectivity index (χ1) is 6.15. The zero-order valence-corrected chi connectivity index (χ0v) is 8.26. The number of methoxy groups -OCH3 is 1. The molecule has 1 atom stereocenters. The predicted molar refractivity (Wildman–Crippen MR) is 49.8 cm³/mol. The van der Waals surface area contributed by atoms with E-state index in [0.29, 0.717) is 11.9 Å². The van der Waals surface area contributed by atoms with Gasteiger partial charge >= 0.3 is 5.97 Å². The molecule has 1 aliphatic carbocycles. The molecule has 2 rings (SSSR count). The van der Waals surface area contributed by atoms with Gasteiger partial charge in [-0.2, -0.15) is 0 Å². The van der Waals surface area contributed by atoms with E-state index in [4.69, 9.17) is 9.84 Å². The zero-order valence-electron chi connectivity index (χ0n) is 7.45. The molecule has 0 radical (unpaired) electrons. The lowest BCUT2D eigenvalue weighted by molar-refractivity contribution is -0.139. The molecule has 74 valence electrons. The smallest absolute Gasteiger partial charge is 0.321 e. The van der Waals surface area contributed by atoms with E-state index < -0.39 is 5.97 Å². The van der Waals surface area contributed by atoms with Gasteiger partial charge in [-0.15, -0.1) is 11.8 Å². The number of nitrogens with one attached hydrogen (secondary N) is 1. The van der Waals surface area contributed by atoms with Crippen LogP contribution >= 0.6 is 11.8 Å². The van der Waals surface area contributed by atoms with Gasteiger partial charge in [-0.05, 0) is 0 Å². The minimum absolute atomic E-state index is 0.00370. The molecule has 4 nitrogen and oxygen atoms in total. The van der Waals surface area contributed by atoms with Crippen molar-refractivity contribution in [3.63, 3.8) is 0 Å². The van der Waals surface area contributed by atoms with E-state index in [1.54, 1.807) is 18.9 Å². The van der Waals surface area contributed by atoms with Crippen molar-refractivity contribution < 1.29 is 14.6 Å². The summed E-state index contributed by atoms with van der Waals surface area (Å²) in [4.78, 5) is 10.7. The Morgan fingerprint density at radius 2 is 2.38 bits per heavy atom. The van der Waals surface area contributed by atoms with Crippen LogP contribution in [0.25, 0.3) is 0 Å². The average molecular weight is 203 g/mol. The molecule has 1 heterocycles. The van der Waals surface area contributed by atoms with Crippen LogP contribution in [0.2, 0.25) is 0 Å². The van der Waals surface area contributed by atoms with Crippen molar-refractivity contribution in [2.75, 3.05) is 12.9 Å². The van der Waals surface area contributed by atoms with Crippen molar-refractivity contribution in [2.24, 2.45) is 0 Å². The normalized spacial score (nSPS) is 43.5. The second-order valence-corrected chi connectivity index (χ2v) is 5.01. The average Bonchev–Trinajstić information content (AvgIpc) is 2.45. The van der Waals surface area contributed by atoms with Gasteiger partial charge in [0.2, 0.25) is 0 Å². The van der Waals surface area contributed by atoms with Crippen LogP contribution in [0.1, 0.15) is 12.8 Å². The SMILES string of the molecule is COC1CC2(C1)NC(C(=O)O)CS2. The predicted octanol–water partition coefficient (Wildman–Crippen LogP) is 0.281. The molecule has 1 spiro atoms. The molecule has 5 heteroatoms. The maximum Gasteiger partial charge on any atom is 0.321 e. The molecule has 0 aromatic rings. The molecule has 1 saturated carbocycles. The van der Waals surface area contributed by atoms with E-state index in [-0.39, 0.29) is 10.9 Å².